The predicted molar refractivity (Wildman–Crippen MR) is 110 cm³/mol. The summed E-state index contributed by atoms with van der Waals surface area (Å²) in [5, 5.41) is 1.19. The van der Waals surface area contributed by atoms with Gasteiger partial charge in [0, 0.05) is 35.7 Å². The molecule has 2 heterocycles. The lowest BCUT2D eigenvalue weighted by Crippen LogP contribution is -2.30. The lowest BCUT2D eigenvalue weighted by molar-refractivity contribution is 0.345. The molecule has 0 fully saturated rings. The van der Waals surface area contributed by atoms with E-state index in [1.807, 2.05) is 12.3 Å². The Labute approximate surface area is 156 Å². The summed E-state index contributed by atoms with van der Waals surface area (Å²) in [5.41, 5.74) is 6.46. The molecule has 0 atom stereocenters. The van der Waals surface area contributed by atoms with Gasteiger partial charge in [-0.25, -0.2) is 0 Å². The van der Waals surface area contributed by atoms with Crippen molar-refractivity contribution < 1.29 is 0 Å². The minimum atomic E-state index is 0.0847. The summed E-state index contributed by atoms with van der Waals surface area (Å²) in [4.78, 5) is 6.97. The fourth-order valence-electron chi connectivity index (χ4n) is 3.83. The molecule has 4 rings (SSSR count). The number of rotatable bonds is 3. The fraction of sp³-hybridized carbons (Fsp3) is 0.292. The van der Waals surface area contributed by atoms with Crippen LogP contribution < -0.4 is 0 Å². The van der Waals surface area contributed by atoms with Crippen LogP contribution in [0.4, 0.5) is 0 Å². The highest BCUT2D eigenvalue weighted by molar-refractivity contribution is 5.83. The van der Waals surface area contributed by atoms with Crippen molar-refractivity contribution in [3.8, 4) is 11.1 Å². The Bertz CT molecular complexity index is 951. The van der Waals surface area contributed by atoms with Crippen LogP contribution in [-0.4, -0.2) is 30.0 Å². The van der Waals surface area contributed by atoms with Crippen molar-refractivity contribution in [1.29, 1.82) is 0 Å². The molecule has 0 N–H and O–H groups in total. The van der Waals surface area contributed by atoms with Crippen LogP contribution in [0.3, 0.4) is 0 Å². The van der Waals surface area contributed by atoms with Crippen molar-refractivity contribution in [3.05, 3.63) is 78.0 Å². The first-order valence-electron chi connectivity index (χ1n) is 9.38. The normalized spacial score (nSPS) is 15.9. The third-order valence-corrected chi connectivity index (χ3v) is 5.75. The van der Waals surface area contributed by atoms with Crippen molar-refractivity contribution in [2.45, 2.75) is 25.7 Å². The zero-order chi connectivity index (χ0) is 18.1. The maximum Gasteiger partial charge on any atom is 0.0702 e. The quantitative estimate of drug-likeness (QED) is 0.589. The van der Waals surface area contributed by atoms with E-state index < -0.39 is 0 Å². The standard InChI is InChI=1S/C24H26N2/c1-24(2,22-12-14-26(3)15-13-22)21-10-8-18(9-11-21)20-16-19-6-4-5-7-23(19)25-17-20/h4-12,16-17H,13-15H2,1-3H3. The highest BCUT2D eigenvalue weighted by Crippen LogP contribution is 2.36. The van der Waals surface area contributed by atoms with Gasteiger partial charge in [0.2, 0.25) is 0 Å². The van der Waals surface area contributed by atoms with E-state index in [9.17, 15) is 0 Å². The van der Waals surface area contributed by atoms with Crippen LogP contribution >= 0.6 is 0 Å². The van der Waals surface area contributed by atoms with Crippen molar-refractivity contribution in [2.24, 2.45) is 0 Å². The lowest BCUT2D eigenvalue weighted by atomic mass is 9.75. The second-order valence-corrected chi connectivity index (χ2v) is 7.86. The van der Waals surface area contributed by atoms with Gasteiger partial charge in [-0.05, 0) is 36.7 Å². The summed E-state index contributed by atoms with van der Waals surface area (Å²) in [6, 6.07) is 19.5. The average Bonchev–Trinajstić information content (AvgIpc) is 2.68. The molecule has 1 aliphatic rings. The molecule has 3 aromatic rings. The lowest BCUT2D eigenvalue weighted by Gasteiger charge is -2.33. The molecule has 0 unspecified atom stereocenters. The number of hydrogen-bond acceptors (Lipinski definition) is 2. The molecule has 0 saturated heterocycles. The van der Waals surface area contributed by atoms with E-state index >= 15 is 0 Å². The molecule has 2 nitrogen and oxygen atoms in total. The van der Waals surface area contributed by atoms with Crippen LogP contribution in [0.15, 0.2) is 72.4 Å². The van der Waals surface area contributed by atoms with Gasteiger partial charge in [-0.15, -0.1) is 0 Å². The first-order chi connectivity index (χ1) is 12.5. The topological polar surface area (TPSA) is 16.1 Å². The second kappa shape index (κ2) is 6.69. The Morgan fingerprint density at radius 1 is 0.962 bits per heavy atom. The molecule has 0 aliphatic carbocycles. The predicted octanol–water partition coefficient (Wildman–Crippen LogP) is 5.44. The number of benzene rings is 2. The van der Waals surface area contributed by atoms with E-state index in [-0.39, 0.29) is 5.41 Å². The van der Waals surface area contributed by atoms with Crippen LogP contribution in [0, 0.1) is 0 Å². The van der Waals surface area contributed by atoms with Gasteiger partial charge >= 0.3 is 0 Å². The van der Waals surface area contributed by atoms with E-state index in [1.165, 1.54) is 22.1 Å². The number of fused-ring (bicyclic) bond motifs is 1. The van der Waals surface area contributed by atoms with Gasteiger partial charge in [0.05, 0.1) is 5.52 Å². The molecule has 0 saturated carbocycles. The first-order valence-corrected chi connectivity index (χ1v) is 9.38. The van der Waals surface area contributed by atoms with E-state index in [2.05, 4.69) is 85.4 Å². The Kier molecular flexibility index (Phi) is 4.37. The number of para-hydroxylation sites is 1. The van der Waals surface area contributed by atoms with Gasteiger partial charge in [-0.2, -0.15) is 0 Å². The Morgan fingerprint density at radius 2 is 1.73 bits per heavy atom. The minimum absolute atomic E-state index is 0.0847. The molecule has 2 heteroatoms. The van der Waals surface area contributed by atoms with E-state index in [1.54, 1.807) is 5.57 Å². The number of aromatic nitrogens is 1. The summed E-state index contributed by atoms with van der Waals surface area (Å²) in [5.74, 6) is 0. The SMILES string of the molecule is CN1CC=C(C(C)(C)c2ccc(-c3cnc4ccccc4c3)cc2)CC1. The van der Waals surface area contributed by atoms with Crippen molar-refractivity contribution in [1.82, 2.24) is 9.88 Å². The number of hydrogen-bond donors (Lipinski definition) is 0. The van der Waals surface area contributed by atoms with Crippen LogP contribution in [-0.2, 0) is 5.41 Å². The van der Waals surface area contributed by atoms with Gasteiger partial charge in [-0.3, -0.25) is 4.98 Å². The summed E-state index contributed by atoms with van der Waals surface area (Å²) >= 11 is 0. The Hall–Kier alpha value is -2.45. The first kappa shape index (κ1) is 17.0. The molecule has 1 aliphatic heterocycles. The summed E-state index contributed by atoms with van der Waals surface area (Å²) in [7, 11) is 2.19. The average molecular weight is 342 g/mol. The molecule has 2 aromatic carbocycles. The molecular weight excluding hydrogens is 316 g/mol. The van der Waals surface area contributed by atoms with Crippen LogP contribution in [0.25, 0.3) is 22.0 Å². The summed E-state index contributed by atoms with van der Waals surface area (Å²) in [6.45, 7) is 6.89. The third-order valence-electron chi connectivity index (χ3n) is 5.75. The van der Waals surface area contributed by atoms with Gasteiger partial charge in [0.1, 0.15) is 0 Å². The maximum absolute atomic E-state index is 4.60. The monoisotopic (exact) mass is 342 g/mol. The highest BCUT2D eigenvalue weighted by atomic mass is 15.1. The van der Waals surface area contributed by atoms with Gasteiger partial charge in [0.15, 0.2) is 0 Å². The molecule has 0 radical (unpaired) electrons. The number of nitrogens with zero attached hydrogens (tertiary/aromatic N) is 2. The smallest absolute Gasteiger partial charge is 0.0702 e. The highest BCUT2D eigenvalue weighted by Gasteiger charge is 2.27. The molecule has 0 spiro atoms. The van der Waals surface area contributed by atoms with Crippen LogP contribution in [0.2, 0.25) is 0 Å². The number of likely N-dealkylation sites (N-methyl/N-ethyl adjacent to an activating group) is 1. The Morgan fingerprint density at radius 3 is 2.46 bits per heavy atom. The Balaban J connectivity index is 1.63. The number of pyridine rings is 1. The molecular formula is C24H26N2. The largest absolute Gasteiger partial charge is 0.302 e. The molecule has 0 amide bonds. The third kappa shape index (κ3) is 3.17. The van der Waals surface area contributed by atoms with Crippen molar-refractivity contribution in [3.63, 3.8) is 0 Å². The van der Waals surface area contributed by atoms with Crippen LogP contribution in [0.5, 0.6) is 0 Å². The molecule has 1 aromatic heterocycles. The van der Waals surface area contributed by atoms with E-state index in [0.29, 0.717) is 0 Å². The molecule has 26 heavy (non-hydrogen) atoms. The zero-order valence-corrected chi connectivity index (χ0v) is 15.9. The van der Waals surface area contributed by atoms with E-state index in [4.69, 9.17) is 0 Å². The van der Waals surface area contributed by atoms with Gasteiger partial charge in [0.25, 0.3) is 0 Å². The van der Waals surface area contributed by atoms with Gasteiger partial charge < -0.3 is 4.90 Å². The summed E-state index contributed by atoms with van der Waals surface area (Å²) in [6.07, 6.45) is 5.53. The molecule has 0 bridgehead atoms. The van der Waals surface area contributed by atoms with Crippen molar-refractivity contribution >= 4 is 10.9 Å². The van der Waals surface area contributed by atoms with Crippen LogP contribution in [0.1, 0.15) is 25.8 Å². The maximum atomic E-state index is 4.60. The summed E-state index contributed by atoms with van der Waals surface area (Å²) < 4.78 is 0. The molecule has 132 valence electrons. The van der Waals surface area contributed by atoms with Gasteiger partial charge in [-0.1, -0.05) is 68.0 Å². The minimum Gasteiger partial charge on any atom is -0.302 e. The van der Waals surface area contributed by atoms with Crippen molar-refractivity contribution in [2.75, 3.05) is 20.1 Å². The fourth-order valence-corrected chi connectivity index (χ4v) is 3.83. The van der Waals surface area contributed by atoms with E-state index in [0.717, 1.165) is 25.0 Å². The second-order valence-electron chi connectivity index (χ2n) is 7.86. The zero-order valence-electron chi connectivity index (χ0n) is 15.9.